The van der Waals surface area contributed by atoms with Gasteiger partial charge in [0.15, 0.2) is 0 Å². The van der Waals surface area contributed by atoms with Crippen molar-refractivity contribution >= 4 is 16.0 Å². The number of aromatic nitrogens is 2. The Morgan fingerprint density at radius 3 is 3.00 bits per heavy atom. The molecule has 0 spiro atoms. The van der Waals surface area contributed by atoms with Crippen LogP contribution in [-0.2, 0) is 14.8 Å². The molecule has 80 valence electrons. The fourth-order valence-corrected chi connectivity index (χ4v) is 1.92. The molecular formula is C7H13N3O3S. The fourth-order valence-electron chi connectivity index (χ4n) is 0.913. The first kappa shape index (κ1) is 11.0. The second-order valence-corrected chi connectivity index (χ2v) is 4.55. The Balaban J connectivity index is 2.42. The van der Waals surface area contributed by atoms with Gasteiger partial charge >= 0.3 is 0 Å². The zero-order valence-corrected chi connectivity index (χ0v) is 8.67. The average molecular weight is 219 g/mol. The number of sulfonamides is 1. The van der Waals surface area contributed by atoms with E-state index in [4.69, 9.17) is 4.74 Å². The molecule has 0 amide bonds. The number of aromatic amines is 1. The lowest BCUT2D eigenvalue weighted by Gasteiger charge is -2.04. The molecule has 0 atom stereocenters. The summed E-state index contributed by atoms with van der Waals surface area (Å²) >= 11 is 0. The minimum atomic E-state index is -3.30. The predicted molar refractivity (Wildman–Crippen MR) is 52.5 cm³/mol. The summed E-state index contributed by atoms with van der Waals surface area (Å²) in [6.45, 7) is 0.430. The summed E-state index contributed by atoms with van der Waals surface area (Å²) in [6.07, 6.45) is 3.49. The molecule has 14 heavy (non-hydrogen) atoms. The molecule has 7 heteroatoms. The maximum atomic E-state index is 11.3. The van der Waals surface area contributed by atoms with Crippen LogP contribution in [0.15, 0.2) is 12.4 Å². The molecular weight excluding hydrogens is 206 g/mol. The van der Waals surface area contributed by atoms with E-state index in [0.29, 0.717) is 13.0 Å². The van der Waals surface area contributed by atoms with E-state index in [9.17, 15) is 8.42 Å². The molecule has 1 rings (SSSR count). The highest BCUT2D eigenvalue weighted by Gasteiger charge is 2.10. The summed E-state index contributed by atoms with van der Waals surface area (Å²) in [5.41, 5.74) is 0. The third-order valence-corrected chi connectivity index (χ3v) is 2.84. The first-order valence-corrected chi connectivity index (χ1v) is 5.78. The average Bonchev–Trinajstić information content (AvgIpc) is 2.56. The Morgan fingerprint density at radius 1 is 1.64 bits per heavy atom. The first-order chi connectivity index (χ1) is 6.64. The Bertz CT molecular complexity index is 346. The second kappa shape index (κ2) is 4.97. The maximum absolute atomic E-state index is 11.3. The topological polar surface area (TPSA) is 84.1 Å². The van der Waals surface area contributed by atoms with Crippen LogP contribution < -0.4 is 4.72 Å². The van der Waals surface area contributed by atoms with Crippen molar-refractivity contribution in [1.82, 2.24) is 9.97 Å². The summed E-state index contributed by atoms with van der Waals surface area (Å²) < 4.78 is 29.8. The van der Waals surface area contributed by atoms with Crippen LogP contribution in [0.3, 0.4) is 0 Å². The van der Waals surface area contributed by atoms with Crippen molar-refractivity contribution in [1.29, 1.82) is 0 Å². The molecule has 1 aromatic rings. The smallest absolute Gasteiger partial charge is 0.235 e. The van der Waals surface area contributed by atoms with E-state index >= 15 is 0 Å². The monoisotopic (exact) mass is 219 g/mol. The van der Waals surface area contributed by atoms with E-state index in [1.54, 1.807) is 6.20 Å². The number of H-pyrrole nitrogens is 1. The van der Waals surface area contributed by atoms with Crippen LogP contribution in [0.5, 0.6) is 0 Å². The van der Waals surface area contributed by atoms with Gasteiger partial charge in [0.2, 0.25) is 16.0 Å². The molecule has 2 N–H and O–H groups in total. The second-order valence-electron chi connectivity index (χ2n) is 2.71. The molecule has 0 aliphatic rings. The van der Waals surface area contributed by atoms with Gasteiger partial charge in [-0.1, -0.05) is 0 Å². The van der Waals surface area contributed by atoms with Gasteiger partial charge in [0.25, 0.3) is 0 Å². The van der Waals surface area contributed by atoms with Crippen molar-refractivity contribution in [3.05, 3.63) is 12.4 Å². The summed E-state index contributed by atoms with van der Waals surface area (Å²) in [5.74, 6) is 0.268. The number of nitrogens with zero attached hydrogens (tertiary/aromatic N) is 1. The number of hydrogen-bond acceptors (Lipinski definition) is 4. The van der Waals surface area contributed by atoms with Crippen molar-refractivity contribution in [3.63, 3.8) is 0 Å². The Kier molecular flexibility index (Phi) is 3.90. The lowest BCUT2D eigenvalue weighted by molar-refractivity contribution is 0.199. The number of anilines is 1. The van der Waals surface area contributed by atoms with E-state index < -0.39 is 10.0 Å². The van der Waals surface area contributed by atoms with Gasteiger partial charge in [0, 0.05) is 26.1 Å². The molecule has 1 heterocycles. The third-order valence-electron chi connectivity index (χ3n) is 1.51. The van der Waals surface area contributed by atoms with Crippen molar-refractivity contribution < 1.29 is 13.2 Å². The Morgan fingerprint density at radius 2 is 2.43 bits per heavy atom. The minimum Gasteiger partial charge on any atom is -0.385 e. The lowest BCUT2D eigenvalue weighted by Crippen LogP contribution is -2.18. The van der Waals surface area contributed by atoms with Gasteiger partial charge in [-0.05, 0) is 6.42 Å². The maximum Gasteiger partial charge on any atom is 0.235 e. The van der Waals surface area contributed by atoms with Gasteiger partial charge in [-0.25, -0.2) is 13.4 Å². The van der Waals surface area contributed by atoms with Crippen LogP contribution in [0, 0.1) is 0 Å². The summed E-state index contributed by atoms with van der Waals surface area (Å²) in [6, 6.07) is 0. The molecule has 1 aromatic heterocycles. The first-order valence-electron chi connectivity index (χ1n) is 4.13. The summed E-state index contributed by atoms with van der Waals surface area (Å²) in [7, 11) is -1.77. The van der Waals surface area contributed by atoms with Gasteiger partial charge in [-0.2, -0.15) is 0 Å². The molecule has 0 aromatic carbocycles. The van der Waals surface area contributed by atoms with Gasteiger partial charge < -0.3 is 9.72 Å². The molecule has 0 radical (unpaired) electrons. The molecule has 0 saturated heterocycles. The summed E-state index contributed by atoms with van der Waals surface area (Å²) in [4.78, 5) is 6.40. The molecule has 0 saturated carbocycles. The number of methoxy groups -OCH3 is 1. The standard InChI is InChI=1S/C7H13N3O3S/c1-13-5-2-6-14(11,12)10-7-8-3-4-9-7/h3-4H,2,5-6H2,1H3,(H2,8,9,10). The zero-order chi connectivity index (χ0) is 10.4. The van der Waals surface area contributed by atoms with Crippen LogP contribution in [0.1, 0.15) is 6.42 Å². The van der Waals surface area contributed by atoms with E-state index in [0.717, 1.165) is 0 Å². The normalized spacial score (nSPS) is 11.5. The van der Waals surface area contributed by atoms with Crippen LogP contribution in [0.25, 0.3) is 0 Å². The van der Waals surface area contributed by atoms with Crippen molar-refractivity contribution in [2.24, 2.45) is 0 Å². The van der Waals surface area contributed by atoms with Gasteiger partial charge in [0.1, 0.15) is 0 Å². The van der Waals surface area contributed by atoms with Crippen molar-refractivity contribution in [2.45, 2.75) is 6.42 Å². The quantitative estimate of drug-likeness (QED) is 0.669. The highest BCUT2D eigenvalue weighted by Crippen LogP contribution is 2.01. The highest BCUT2D eigenvalue weighted by atomic mass is 32.2. The van der Waals surface area contributed by atoms with Crippen molar-refractivity contribution in [3.8, 4) is 0 Å². The zero-order valence-electron chi connectivity index (χ0n) is 7.86. The molecule has 0 aliphatic carbocycles. The van der Waals surface area contributed by atoms with E-state index in [1.807, 2.05) is 0 Å². The van der Waals surface area contributed by atoms with Crippen LogP contribution in [-0.4, -0.2) is 37.9 Å². The van der Waals surface area contributed by atoms with E-state index in [1.165, 1.54) is 13.3 Å². The SMILES string of the molecule is COCCCS(=O)(=O)Nc1ncc[nH]1. The van der Waals surface area contributed by atoms with Crippen LogP contribution in [0.4, 0.5) is 5.95 Å². The Labute approximate surface area is 82.7 Å². The molecule has 0 unspecified atom stereocenters. The lowest BCUT2D eigenvalue weighted by atomic mass is 10.5. The van der Waals surface area contributed by atoms with E-state index in [2.05, 4.69) is 14.7 Å². The Hall–Kier alpha value is -1.08. The number of imidazole rings is 1. The molecule has 6 nitrogen and oxygen atoms in total. The highest BCUT2D eigenvalue weighted by molar-refractivity contribution is 7.92. The van der Waals surface area contributed by atoms with E-state index in [-0.39, 0.29) is 11.7 Å². The number of rotatable bonds is 6. The summed E-state index contributed by atoms with van der Waals surface area (Å²) in [5, 5.41) is 0. The molecule has 0 bridgehead atoms. The van der Waals surface area contributed by atoms with Gasteiger partial charge in [-0.3, -0.25) is 4.72 Å². The predicted octanol–water partition coefficient (Wildman–Crippen LogP) is 0.188. The number of ether oxygens (including phenoxy) is 1. The molecule has 0 fully saturated rings. The minimum absolute atomic E-state index is 0.0293. The third kappa shape index (κ3) is 3.75. The van der Waals surface area contributed by atoms with Crippen LogP contribution in [0.2, 0.25) is 0 Å². The van der Waals surface area contributed by atoms with Crippen molar-refractivity contribution in [2.75, 3.05) is 24.2 Å². The number of hydrogen-bond donors (Lipinski definition) is 2. The van der Waals surface area contributed by atoms with Gasteiger partial charge in [0.05, 0.1) is 5.75 Å². The van der Waals surface area contributed by atoms with Crippen LogP contribution >= 0.6 is 0 Å². The fraction of sp³-hybridized carbons (Fsp3) is 0.571. The number of nitrogens with one attached hydrogen (secondary N) is 2. The van der Waals surface area contributed by atoms with Gasteiger partial charge in [-0.15, -0.1) is 0 Å². The molecule has 0 aliphatic heterocycles. The largest absolute Gasteiger partial charge is 0.385 e.